The monoisotopic (exact) mass is 246 g/mol. The van der Waals surface area contributed by atoms with E-state index in [1.807, 2.05) is 0 Å². The summed E-state index contributed by atoms with van der Waals surface area (Å²) in [6.07, 6.45) is 15.8. The minimum absolute atomic E-state index is 1.05. The van der Waals surface area contributed by atoms with Gasteiger partial charge in [0, 0.05) is 0 Å². The Morgan fingerprint density at radius 2 is 1.28 bits per heavy atom. The molecule has 0 aliphatic heterocycles. The molecule has 0 amide bonds. The predicted octanol–water partition coefficient (Wildman–Crippen LogP) is 5.28. The molecule has 0 aromatic rings. The zero-order valence-electron chi connectivity index (χ0n) is 12.1. The lowest BCUT2D eigenvalue weighted by atomic mass is 9.52. The summed E-state index contributed by atoms with van der Waals surface area (Å²) in [6, 6.07) is 0. The van der Waals surface area contributed by atoms with Crippen LogP contribution in [0.2, 0.25) is 0 Å². The summed E-state index contributed by atoms with van der Waals surface area (Å²) in [7, 11) is 0. The van der Waals surface area contributed by atoms with Crippen molar-refractivity contribution in [2.24, 2.45) is 41.4 Å². The van der Waals surface area contributed by atoms with Crippen molar-refractivity contribution in [3.05, 3.63) is 0 Å². The molecule has 4 saturated carbocycles. The highest BCUT2D eigenvalue weighted by atomic mass is 14.5. The van der Waals surface area contributed by atoms with Crippen molar-refractivity contribution >= 4 is 0 Å². The molecule has 0 spiro atoms. The van der Waals surface area contributed by atoms with E-state index in [4.69, 9.17) is 0 Å². The molecule has 7 atom stereocenters. The average molecular weight is 246 g/mol. The fourth-order valence-electron chi connectivity index (χ4n) is 6.90. The van der Waals surface area contributed by atoms with E-state index in [9.17, 15) is 0 Å². The second-order valence-electron chi connectivity index (χ2n) is 8.08. The summed E-state index contributed by atoms with van der Waals surface area (Å²) in [5.74, 6) is 7.95. The minimum atomic E-state index is 1.05. The molecule has 0 radical (unpaired) electrons. The van der Waals surface area contributed by atoms with E-state index in [0.717, 1.165) is 35.5 Å². The van der Waals surface area contributed by atoms with Crippen molar-refractivity contribution in [2.75, 3.05) is 0 Å². The van der Waals surface area contributed by atoms with Crippen molar-refractivity contribution in [3.63, 3.8) is 0 Å². The fourth-order valence-corrected chi connectivity index (χ4v) is 6.90. The zero-order valence-corrected chi connectivity index (χ0v) is 12.1. The van der Waals surface area contributed by atoms with Crippen LogP contribution in [0, 0.1) is 41.4 Å². The van der Waals surface area contributed by atoms with Crippen molar-refractivity contribution in [1.29, 1.82) is 0 Å². The molecule has 4 aliphatic carbocycles. The molecular formula is C18H30. The number of hydrogen-bond donors (Lipinski definition) is 0. The number of hydrogen-bond acceptors (Lipinski definition) is 0. The van der Waals surface area contributed by atoms with Gasteiger partial charge in [0.1, 0.15) is 0 Å². The first kappa shape index (κ1) is 11.8. The van der Waals surface area contributed by atoms with Gasteiger partial charge >= 0.3 is 0 Å². The first-order chi connectivity index (χ1) is 8.84. The topological polar surface area (TPSA) is 0 Å². The lowest BCUT2D eigenvalue weighted by Gasteiger charge is -2.53. The average Bonchev–Trinajstić information content (AvgIpc) is 2.86. The summed E-state index contributed by atoms with van der Waals surface area (Å²) in [6.45, 7) is 2.58. The second-order valence-corrected chi connectivity index (χ2v) is 8.08. The predicted molar refractivity (Wildman–Crippen MR) is 76.3 cm³/mol. The van der Waals surface area contributed by atoms with E-state index < -0.39 is 0 Å². The van der Waals surface area contributed by atoms with E-state index >= 15 is 0 Å². The van der Waals surface area contributed by atoms with E-state index in [2.05, 4.69) is 6.92 Å². The van der Waals surface area contributed by atoms with E-state index in [0.29, 0.717) is 0 Å². The van der Waals surface area contributed by atoms with Crippen LogP contribution in [0.5, 0.6) is 0 Å². The second kappa shape index (κ2) is 4.53. The van der Waals surface area contributed by atoms with Gasteiger partial charge in [-0.3, -0.25) is 0 Å². The van der Waals surface area contributed by atoms with Crippen LogP contribution in [0.1, 0.15) is 71.1 Å². The van der Waals surface area contributed by atoms with Gasteiger partial charge in [-0.1, -0.05) is 39.0 Å². The summed E-state index contributed by atoms with van der Waals surface area (Å²) in [5, 5.41) is 0. The SMILES string of the molecule is CC1CCCC2CCC3C4CCCC4CCC3C12. The van der Waals surface area contributed by atoms with Gasteiger partial charge in [0.05, 0.1) is 0 Å². The molecule has 0 heteroatoms. The molecule has 0 heterocycles. The molecule has 7 unspecified atom stereocenters. The Balaban J connectivity index is 1.58. The fraction of sp³-hybridized carbons (Fsp3) is 1.00. The summed E-state index contributed by atoms with van der Waals surface area (Å²) < 4.78 is 0. The summed E-state index contributed by atoms with van der Waals surface area (Å²) >= 11 is 0. The Kier molecular flexibility index (Phi) is 2.97. The molecule has 0 N–H and O–H groups in total. The highest BCUT2D eigenvalue weighted by molar-refractivity contribution is 4.99. The Labute approximate surface area is 113 Å². The minimum Gasteiger partial charge on any atom is -0.0622 e. The molecule has 0 aromatic carbocycles. The van der Waals surface area contributed by atoms with Crippen LogP contribution < -0.4 is 0 Å². The highest BCUT2D eigenvalue weighted by Gasteiger charge is 2.49. The van der Waals surface area contributed by atoms with Gasteiger partial charge in [-0.15, -0.1) is 0 Å². The molecule has 18 heavy (non-hydrogen) atoms. The van der Waals surface area contributed by atoms with Gasteiger partial charge < -0.3 is 0 Å². The van der Waals surface area contributed by atoms with Crippen LogP contribution in [0.3, 0.4) is 0 Å². The van der Waals surface area contributed by atoms with Crippen LogP contribution in [0.25, 0.3) is 0 Å². The first-order valence-electron chi connectivity index (χ1n) is 8.84. The lowest BCUT2D eigenvalue weighted by Crippen LogP contribution is -2.46. The Bertz CT molecular complexity index is 307. The molecule has 4 rings (SSSR count). The molecule has 0 saturated heterocycles. The normalized spacial score (nSPS) is 55.5. The largest absolute Gasteiger partial charge is 0.0622 e. The van der Waals surface area contributed by atoms with Crippen LogP contribution in [-0.4, -0.2) is 0 Å². The Morgan fingerprint density at radius 3 is 2.22 bits per heavy atom. The third-order valence-electron chi connectivity index (χ3n) is 7.49. The maximum absolute atomic E-state index is 2.58. The van der Waals surface area contributed by atoms with E-state index in [1.54, 1.807) is 57.8 Å². The van der Waals surface area contributed by atoms with E-state index in [1.165, 1.54) is 12.3 Å². The van der Waals surface area contributed by atoms with Crippen molar-refractivity contribution in [1.82, 2.24) is 0 Å². The van der Waals surface area contributed by atoms with Gasteiger partial charge in [-0.2, -0.15) is 0 Å². The third kappa shape index (κ3) is 1.70. The smallest absolute Gasteiger partial charge is 0.0329 e. The zero-order chi connectivity index (χ0) is 12.1. The number of fused-ring (bicyclic) bond motifs is 5. The van der Waals surface area contributed by atoms with Gasteiger partial charge in [0.2, 0.25) is 0 Å². The van der Waals surface area contributed by atoms with Crippen LogP contribution in [0.15, 0.2) is 0 Å². The molecule has 0 aromatic heterocycles. The van der Waals surface area contributed by atoms with Crippen LogP contribution in [-0.2, 0) is 0 Å². The van der Waals surface area contributed by atoms with Crippen molar-refractivity contribution < 1.29 is 0 Å². The van der Waals surface area contributed by atoms with Crippen LogP contribution >= 0.6 is 0 Å². The molecule has 4 aliphatic rings. The quantitative estimate of drug-likeness (QED) is 0.546. The molecule has 102 valence electrons. The maximum atomic E-state index is 2.58. The van der Waals surface area contributed by atoms with Crippen molar-refractivity contribution in [2.45, 2.75) is 71.1 Å². The van der Waals surface area contributed by atoms with Crippen molar-refractivity contribution in [3.8, 4) is 0 Å². The van der Waals surface area contributed by atoms with E-state index in [-0.39, 0.29) is 0 Å². The summed E-state index contributed by atoms with van der Waals surface area (Å²) in [4.78, 5) is 0. The Morgan fingerprint density at radius 1 is 0.556 bits per heavy atom. The molecular weight excluding hydrogens is 216 g/mol. The molecule has 0 nitrogen and oxygen atoms in total. The summed E-state index contributed by atoms with van der Waals surface area (Å²) in [5.41, 5.74) is 0. The highest BCUT2D eigenvalue weighted by Crippen LogP contribution is 2.58. The standard InChI is InChI=1S/C18H30/c1-12-4-2-6-14-9-10-16-15-7-3-5-13(15)8-11-17(16)18(12)14/h12-18H,2-11H2,1H3. The van der Waals surface area contributed by atoms with Gasteiger partial charge in [0.15, 0.2) is 0 Å². The third-order valence-corrected chi connectivity index (χ3v) is 7.49. The maximum Gasteiger partial charge on any atom is -0.0329 e. The first-order valence-corrected chi connectivity index (χ1v) is 8.84. The van der Waals surface area contributed by atoms with Gasteiger partial charge in [-0.05, 0) is 73.5 Å². The number of rotatable bonds is 0. The van der Waals surface area contributed by atoms with Crippen LogP contribution in [0.4, 0.5) is 0 Å². The lowest BCUT2D eigenvalue weighted by molar-refractivity contribution is -0.0420. The molecule has 4 fully saturated rings. The molecule has 0 bridgehead atoms. The van der Waals surface area contributed by atoms with Gasteiger partial charge in [0.25, 0.3) is 0 Å². The Hall–Kier alpha value is 0. The van der Waals surface area contributed by atoms with Gasteiger partial charge in [-0.25, -0.2) is 0 Å².